The van der Waals surface area contributed by atoms with Crippen LogP contribution in [0.15, 0.2) is 61.1 Å². The van der Waals surface area contributed by atoms with Crippen molar-refractivity contribution in [1.29, 1.82) is 0 Å². The van der Waals surface area contributed by atoms with Crippen LogP contribution < -0.4 is 9.64 Å². The number of fused-ring (bicyclic) bond motifs is 1. The molecular weight excluding hydrogens is 394 g/mol. The van der Waals surface area contributed by atoms with Crippen LogP contribution in [-0.4, -0.2) is 34.0 Å². The van der Waals surface area contributed by atoms with Crippen molar-refractivity contribution in [3.8, 4) is 16.9 Å². The lowest BCUT2D eigenvalue weighted by atomic mass is 10.0. The molecule has 0 radical (unpaired) electrons. The van der Waals surface area contributed by atoms with Gasteiger partial charge in [-0.25, -0.2) is 4.98 Å². The fourth-order valence-corrected chi connectivity index (χ4v) is 3.37. The molecule has 0 unspecified atom stereocenters. The minimum Gasteiger partial charge on any atom is -0.497 e. The standard InChI is InChI=1S/C23H21N5O3/c1-15-21(9-19(13-24-15)28(29)30)17-8-18-12-26-23(10-22(18)25-11-17)27(2)14-16-4-6-20(31-3)7-5-16/h4-13H,14H2,1-3H3. The Morgan fingerprint density at radius 1 is 1.03 bits per heavy atom. The molecule has 3 aromatic heterocycles. The topological polar surface area (TPSA) is 94.3 Å². The number of benzene rings is 1. The molecule has 0 atom stereocenters. The van der Waals surface area contributed by atoms with Crippen LogP contribution in [0.5, 0.6) is 5.75 Å². The molecule has 0 fully saturated rings. The van der Waals surface area contributed by atoms with E-state index in [1.54, 1.807) is 19.5 Å². The highest BCUT2D eigenvalue weighted by Crippen LogP contribution is 2.28. The molecule has 3 heterocycles. The largest absolute Gasteiger partial charge is 0.497 e. The van der Waals surface area contributed by atoms with Crippen LogP contribution in [0.4, 0.5) is 11.5 Å². The molecule has 0 bridgehead atoms. The molecule has 0 saturated carbocycles. The van der Waals surface area contributed by atoms with E-state index in [1.165, 1.54) is 12.3 Å². The van der Waals surface area contributed by atoms with Crippen molar-refractivity contribution in [1.82, 2.24) is 15.0 Å². The predicted octanol–water partition coefficient (Wildman–Crippen LogP) is 4.55. The van der Waals surface area contributed by atoms with Crippen LogP contribution in [0.3, 0.4) is 0 Å². The molecule has 0 saturated heterocycles. The maximum Gasteiger partial charge on any atom is 0.288 e. The fourth-order valence-electron chi connectivity index (χ4n) is 3.37. The smallest absolute Gasteiger partial charge is 0.288 e. The van der Waals surface area contributed by atoms with Gasteiger partial charge in [-0.05, 0) is 30.7 Å². The summed E-state index contributed by atoms with van der Waals surface area (Å²) in [5.41, 5.74) is 4.05. The Morgan fingerprint density at radius 3 is 2.52 bits per heavy atom. The Balaban J connectivity index is 1.61. The summed E-state index contributed by atoms with van der Waals surface area (Å²) >= 11 is 0. The Kier molecular flexibility index (Phi) is 5.44. The van der Waals surface area contributed by atoms with Crippen molar-refractivity contribution in [3.05, 3.63) is 82.4 Å². The fraction of sp³-hybridized carbons (Fsp3) is 0.174. The molecule has 0 aliphatic heterocycles. The molecule has 0 aliphatic rings. The summed E-state index contributed by atoms with van der Waals surface area (Å²) in [4.78, 5) is 26.0. The molecule has 1 aromatic carbocycles. The number of hydrogen-bond donors (Lipinski definition) is 0. The number of nitro groups is 1. The Hall–Kier alpha value is -4.07. The first kappa shape index (κ1) is 20.2. The number of rotatable bonds is 6. The maximum atomic E-state index is 11.1. The van der Waals surface area contributed by atoms with Gasteiger partial charge in [0.05, 0.1) is 17.5 Å². The van der Waals surface area contributed by atoms with Crippen LogP contribution in [0, 0.1) is 17.0 Å². The maximum absolute atomic E-state index is 11.1. The van der Waals surface area contributed by atoms with Crippen LogP contribution >= 0.6 is 0 Å². The van der Waals surface area contributed by atoms with E-state index in [2.05, 4.69) is 15.0 Å². The van der Waals surface area contributed by atoms with Crippen LogP contribution in [-0.2, 0) is 6.54 Å². The van der Waals surface area contributed by atoms with Gasteiger partial charge in [-0.2, -0.15) is 0 Å². The number of ether oxygens (including phenoxy) is 1. The lowest BCUT2D eigenvalue weighted by Crippen LogP contribution is -2.17. The molecule has 0 spiro atoms. The van der Waals surface area contributed by atoms with E-state index in [0.717, 1.165) is 33.6 Å². The zero-order valence-electron chi connectivity index (χ0n) is 17.4. The molecular formula is C23H21N5O3. The average Bonchev–Trinajstić information content (AvgIpc) is 2.79. The molecule has 4 rings (SSSR count). The third kappa shape index (κ3) is 4.28. The van der Waals surface area contributed by atoms with Gasteiger partial charge in [0.1, 0.15) is 17.8 Å². The Bertz CT molecular complexity index is 1260. The van der Waals surface area contributed by atoms with Crippen molar-refractivity contribution in [2.45, 2.75) is 13.5 Å². The summed E-state index contributed by atoms with van der Waals surface area (Å²) < 4.78 is 5.20. The average molecular weight is 415 g/mol. The summed E-state index contributed by atoms with van der Waals surface area (Å²) in [6.07, 6.45) is 4.74. The normalized spacial score (nSPS) is 10.8. The van der Waals surface area contributed by atoms with Crippen molar-refractivity contribution >= 4 is 22.4 Å². The first-order chi connectivity index (χ1) is 14.9. The van der Waals surface area contributed by atoms with Gasteiger partial charge in [0.15, 0.2) is 0 Å². The number of aromatic nitrogens is 3. The number of hydrogen-bond acceptors (Lipinski definition) is 7. The second-order valence-electron chi connectivity index (χ2n) is 7.25. The van der Waals surface area contributed by atoms with Gasteiger partial charge in [-0.1, -0.05) is 12.1 Å². The molecule has 156 valence electrons. The first-order valence-electron chi connectivity index (χ1n) is 9.66. The third-order valence-corrected chi connectivity index (χ3v) is 5.12. The van der Waals surface area contributed by atoms with Crippen molar-refractivity contribution in [2.75, 3.05) is 19.1 Å². The van der Waals surface area contributed by atoms with Crippen LogP contribution in [0.1, 0.15) is 11.3 Å². The van der Waals surface area contributed by atoms with Crippen molar-refractivity contribution in [3.63, 3.8) is 0 Å². The summed E-state index contributed by atoms with van der Waals surface area (Å²) in [5, 5.41) is 12.0. The van der Waals surface area contributed by atoms with Gasteiger partial charge in [0.2, 0.25) is 0 Å². The van der Waals surface area contributed by atoms with E-state index in [4.69, 9.17) is 4.74 Å². The second kappa shape index (κ2) is 8.35. The SMILES string of the molecule is COc1ccc(CN(C)c2cc3ncc(-c4cc([N+](=O)[O-])cnc4C)cc3cn2)cc1. The quantitative estimate of drug-likeness (QED) is 0.337. The number of anilines is 1. The predicted molar refractivity (Wildman–Crippen MR) is 119 cm³/mol. The van der Waals surface area contributed by atoms with Gasteiger partial charge < -0.3 is 9.64 Å². The van der Waals surface area contributed by atoms with Gasteiger partial charge in [0.25, 0.3) is 5.69 Å². The lowest BCUT2D eigenvalue weighted by Gasteiger charge is -2.19. The van der Waals surface area contributed by atoms with Gasteiger partial charge in [0, 0.05) is 60.3 Å². The van der Waals surface area contributed by atoms with E-state index in [1.807, 2.05) is 55.3 Å². The lowest BCUT2D eigenvalue weighted by molar-refractivity contribution is -0.385. The number of pyridine rings is 3. The first-order valence-corrected chi connectivity index (χ1v) is 9.66. The molecule has 31 heavy (non-hydrogen) atoms. The highest BCUT2D eigenvalue weighted by molar-refractivity contribution is 5.85. The molecule has 4 aromatic rings. The van der Waals surface area contributed by atoms with Gasteiger partial charge in [-0.15, -0.1) is 0 Å². The minimum absolute atomic E-state index is 0.0469. The zero-order chi connectivity index (χ0) is 22.0. The zero-order valence-corrected chi connectivity index (χ0v) is 17.4. The number of nitrogens with zero attached hydrogens (tertiary/aromatic N) is 5. The third-order valence-electron chi connectivity index (χ3n) is 5.12. The highest BCUT2D eigenvalue weighted by atomic mass is 16.6. The highest BCUT2D eigenvalue weighted by Gasteiger charge is 2.13. The van der Waals surface area contributed by atoms with E-state index in [-0.39, 0.29) is 5.69 Å². The van der Waals surface area contributed by atoms with E-state index >= 15 is 0 Å². The van der Waals surface area contributed by atoms with Crippen molar-refractivity contribution in [2.24, 2.45) is 0 Å². The van der Waals surface area contributed by atoms with E-state index in [9.17, 15) is 10.1 Å². The Morgan fingerprint density at radius 2 is 1.81 bits per heavy atom. The van der Waals surface area contributed by atoms with Gasteiger partial charge >= 0.3 is 0 Å². The summed E-state index contributed by atoms with van der Waals surface area (Å²) in [7, 11) is 3.63. The van der Waals surface area contributed by atoms with E-state index < -0.39 is 4.92 Å². The van der Waals surface area contributed by atoms with Crippen LogP contribution in [0.2, 0.25) is 0 Å². The summed E-state index contributed by atoms with van der Waals surface area (Å²) in [5.74, 6) is 1.63. The molecule has 0 amide bonds. The summed E-state index contributed by atoms with van der Waals surface area (Å²) in [6, 6.07) is 13.3. The monoisotopic (exact) mass is 415 g/mol. The molecule has 8 nitrogen and oxygen atoms in total. The minimum atomic E-state index is -0.448. The number of aryl methyl sites for hydroxylation is 1. The van der Waals surface area contributed by atoms with Crippen molar-refractivity contribution < 1.29 is 9.66 Å². The Labute approximate surface area is 179 Å². The summed E-state index contributed by atoms with van der Waals surface area (Å²) in [6.45, 7) is 2.51. The van der Waals surface area contributed by atoms with E-state index in [0.29, 0.717) is 17.8 Å². The molecule has 0 N–H and O–H groups in total. The van der Waals surface area contributed by atoms with Crippen LogP contribution in [0.25, 0.3) is 22.0 Å². The molecule has 8 heteroatoms. The second-order valence-corrected chi connectivity index (χ2v) is 7.25. The van der Waals surface area contributed by atoms with Gasteiger partial charge in [-0.3, -0.25) is 20.1 Å². The number of methoxy groups -OCH3 is 1. The molecule has 0 aliphatic carbocycles.